The summed E-state index contributed by atoms with van der Waals surface area (Å²) in [6.45, 7) is 7.63. The molecule has 2 aliphatic heterocycles. The lowest BCUT2D eigenvalue weighted by Crippen LogP contribution is -2.52. The third kappa shape index (κ3) is 2.96. The molecule has 5 heteroatoms. The summed E-state index contributed by atoms with van der Waals surface area (Å²) < 4.78 is 0. The number of carbonyl (C=O) groups is 1. The van der Waals surface area contributed by atoms with E-state index in [1.54, 1.807) is 7.11 Å². The molecular formula is C20H28N2O3. The molecule has 0 bridgehead atoms. The number of piperidine rings is 1. The third-order valence-electron chi connectivity index (χ3n) is 5.56. The van der Waals surface area contributed by atoms with Crippen LogP contribution in [-0.2, 0) is 22.5 Å². The van der Waals surface area contributed by atoms with E-state index in [1.807, 2.05) is 5.06 Å². The molecule has 2 heterocycles. The summed E-state index contributed by atoms with van der Waals surface area (Å²) in [6.07, 6.45) is 2.96. The molecule has 3 rings (SSSR count). The Morgan fingerprint density at radius 3 is 2.24 bits per heavy atom. The molecule has 0 saturated carbocycles. The number of nitrogens with zero attached hydrogens (tertiary/aromatic N) is 1. The average molecular weight is 344 g/mol. The van der Waals surface area contributed by atoms with Crippen LogP contribution in [0.5, 0.6) is 0 Å². The lowest BCUT2D eigenvalue weighted by molar-refractivity contribution is -0.152. The van der Waals surface area contributed by atoms with Crippen molar-refractivity contribution in [3.63, 3.8) is 0 Å². The van der Waals surface area contributed by atoms with Gasteiger partial charge in [0.1, 0.15) is 11.3 Å². The van der Waals surface area contributed by atoms with E-state index in [-0.39, 0.29) is 11.7 Å². The molecule has 25 heavy (non-hydrogen) atoms. The summed E-state index contributed by atoms with van der Waals surface area (Å²) in [4.78, 5) is 18.1. The van der Waals surface area contributed by atoms with Crippen LogP contribution in [0, 0.1) is 6.92 Å². The molecular weight excluding hydrogens is 316 g/mol. The zero-order valence-corrected chi connectivity index (χ0v) is 15.6. The maximum absolute atomic E-state index is 12.9. The van der Waals surface area contributed by atoms with Gasteiger partial charge >= 0.3 is 0 Å². The van der Waals surface area contributed by atoms with E-state index >= 15 is 0 Å². The second kappa shape index (κ2) is 6.81. The van der Waals surface area contributed by atoms with Gasteiger partial charge in [-0.05, 0) is 49.3 Å². The van der Waals surface area contributed by atoms with Crippen molar-refractivity contribution < 1.29 is 14.7 Å². The second-order valence-electron chi connectivity index (χ2n) is 7.04. The highest BCUT2D eigenvalue weighted by Gasteiger charge is 2.48. The van der Waals surface area contributed by atoms with Crippen molar-refractivity contribution in [2.24, 2.45) is 0 Å². The van der Waals surface area contributed by atoms with Crippen LogP contribution in [0.4, 0.5) is 0 Å². The zero-order valence-electron chi connectivity index (χ0n) is 15.6. The van der Waals surface area contributed by atoms with Gasteiger partial charge in [0.2, 0.25) is 0 Å². The van der Waals surface area contributed by atoms with E-state index in [4.69, 9.17) is 4.84 Å². The Kier molecular flexibility index (Phi) is 4.89. The Hall–Kier alpha value is -1.85. The monoisotopic (exact) mass is 344 g/mol. The van der Waals surface area contributed by atoms with Crippen molar-refractivity contribution >= 4 is 11.5 Å². The van der Waals surface area contributed by atoms with Crippen LogP contribution in [0.15, 0.2) is 17.9 Å². The highest BCUT2D eigenvalue weighted by molar-refractivity contribution is 6.24. The van der Waals surface area contributed by atoms with Crippen molar-refractivity contribution in [1.82, 2.24) is 10.4 Å². The smallest absolute Gasteiger partial charge is 0.256 e. The van der Waals surface area contributed by atoms with Crippen LogP contribution in [0.3, 0.4) is 0 Å². The largest absolute Gasteiger partial charge is 0.509 e. The van der Waals surface area contributed by atoms with Gasteiger partial charge in [0.05, 0.1) is 12.7 Å². The Morgan fingerprint density at radius 2 is 1.76 bits per heavy atom. The summed E-state index contributed by atoms with van der Waals surface area (Å²) in [5.74, 6) is 0.0538. The number of nitrogens with one attached hydrogen (secondary N) is 1. The standard InChI is InChI=1S/C20H28N2O3/c1-5-14-11-13(3)12-15(6-2)16(14)17-18(23)20(21-19(17)24)7-9-22(25-4)10-8-20/h11-12,23H,5-10H2,1-4H3,(H,21,24). The fourth-order valence-electron chi connectivity index (χ4n) is 4.15. The summed E-state index contributed by atoms with van der Waals surface area (Å²) in [6, 6.07) is 4.25. The maximum atomic E-state index is 12.9. The average Bonchev–Trinajstić information content (AvgIpc) is 2.85. The van der Waals surface area contributed by atoms with Crippen molar-refractivity contribution in [2.45, 2.75) is 52.0 Å². The fraction of sp³-hybridized carbons (Fsp3) is 0.550. The topological polar surface area (TPSA) is 61.8 Å². The lowest BCUT2D eigenvalue weighted by atomic mass is 9.84. The zero-order chi connectivity index (χ0) is 18.2. The third-order valence-corrected chi connectivity index (χ3v) is 5.56. The number of hydrogen-bond acceptors (Lipinski definition) is 4. The van der Waals surface area contributed by atoms with Crippen LogP contribution in [0.2, 0.25) is 0 Å². The van der Waals surface area contributed by atoms with Gasteiger partial charge in [-0.25, -0.2) is 0 Å². The Balaban J connectivity index is 2.09. The SMILES string of the molecule is CCc1cc(C)cc(CC)c1C1=C(O)C2(CCN(OC)CC2)NC1=O. The molecule has 1 saturated heterocycles. The van der Waals surface area contributed by atoms with Crippen LogP contribution in [-0.4, -0.2) is 41.8 Å². The molecule has 0 radical (unpaired) electrons. The number of aliphatic hydroxyl groups is 1. The normalized spacial score (nSPS) is 20.4. The number of hydrogen-bond donors (Lipinski definition) is 2. The molecule has 1 spiro atoms. The van der Waals surface area contributed by atoms with Gasteiger partial charge in [0.25, 0.3) is 5.91 Å². The molecule has 2 N–H and O–H groups in total. The minimum Gasteiger partial charge on any atom is -0.509 e. The van der Waals surface area contributed by atoms with Crippen LogP contribution in [0.1, 0.15) is 48.9 Å². The Bertz CT molecular complexity index is 691. The highest BCUT2D eigenvalue weighted by Crippen LogP contribution is 2.40. The van der Waals surface area contributed by atoms with Crippen molar-refractivity contribution in [3.8, 4) is 0 Å². The van der Waals surface area contributed by atoms with Crippen molar-refractivity contribution in [3.05, 3.63) is 40.1 Å². The van der Waals surface area contributed by atoms with E-state index in [0.717, 1.165) is 29.5 Å². The van der Waals surface area contributed by atoms with Gasteiger partial charge in [-0.1, -0.05) is 31.5 Å². The quantitative estimate of drug-likeness (QED) is 0.882. The molecule has 0 unspecified atom stereocenters. The number of hydroxylamine groups is 2. The molecule has 5 nitrogen and oxygen atoms in total. The molecule has 1 aromatic carbocycles. The molecule has 0 atom stereocenters. The van der Waals surface area contributed by atoms with Gasteiger partial charge in [0, 0.05) is 13.1 Å². The van der Waals surface area contributed by atoms with Crippen molar-refractivity contribution in [1.29, 1.82) is 0 Å². The van der Waals surface area contributed by atoms with Crippen LogP contribution >= 0.6 is 0 Å². The van der Waals surface area contributed by atoms with Gasteiger partial charge < -0.3 is 15.3 Å². The fourth-order valence-corrected chi connectivity index (χ4v) is 4.15. The molecule has 0 aromatic heterocycles. The minimum absolute atomic E-state index is 0.156. The van der Waals surface area contributed by atoms with Crippen LogP contribution < -0.4 is 5.32 Å². The predicted octanol–water partition coefficient (Wildman–Crippen LogP) is 2.91. The molecule has 1 aromatic rings. The number of aryl methyl sites for hydroxylation is 3. The Morgan fingerprint density at radius 1 is 1.20 bits per heavy atom. The summed E-state index contributed by atoms with van der Waals surface area (Å²) in [7, 11) is 1.65. The first-order valence-electron chi connectivity index (χ1n) is 9.13. The van der Waals surface area contributed by atoms with E-state index in [2.05, 4.69) is 38.2 Å². The predicted molar refractivity (Wildman–Crippen MR) is 98.2 cm³/mol. The highest BCUT2D eigenvalue weighted by atomic mass is 16.7. The van der Waals surface area contributed by atoms with Gasteiger partial charge in [-0.2, -0.15) is 5.06 Å². The lowest BCUT2D eigenvalue weighted by Gasteiger charge is -2.37. The summed E-state index contributed by atoms with van der Waals surface area (Å²) in [5.41, 5.74) is 4.19. The number of aliphatic hydroxyl groups excluding tert-OH is 1. The molecule has 1 fully saturated rings. The number of rotatable bonds is 4. The maximum Gasteiger partial charge on any atom is 0.256 e. The van der Waals surface area contributed by atoms with Crippen molar-refractivity contribution in [2.75, 3.05) is 20.2 Å². The van der Waals surface area contributed by atoms with Gasteiger partial charge in [-0.3, -0.25) is 4.79 Å². The molecule has 2 aliphatic rings. The van der Waals surface area contributed by atoms with E-state index < -0.39 is 5.54 Å². The Labute approximate surface area is 149 Å². The molecule has 136 valence electrons. The van der Waals surface area contributed by atoms with Gasteiger partial charge in [-0.15, -0.1) is 0 Å². The number of carbonyl (C=O) groups excluding carboxylic acids is 1. The van der Waals surface area contributed by atoms with E-state index in [0.29, 0.717) is 31.5 Å². The molecule has 1 amide bonds. The van der Waals surface area contributed by atoms with Crippen LogP contribution in [0.25, 0.3) is 5.57 Å². The minimum atomic E-state index is -0.650. The summed E-state index contributed by atoms with van der Waals surface area (Å²) >= 11 is 0. The summed E-state index contributed by atoms with van der Waals surface area (Å²) in [5, 5.41) is 16.0. The molecule has 0 aliphatic carbocycles. The first-order chi connectivity index (χ1) is 12.0. The van der Waals surface area contributed by atoms with Gasteiger partial charge in [0.15, 0.2) is 0 Å². The number of amides is 1. The first-order valence-corrected chi connectivity index (χ1v) is 9.13. The number of benzene rings is 1. The first kappa shape index (κ1) is 18.0. The van der Waals surface area contributed by atoms with E-state index in [1.165, 1.54) is 5.56 Å². The second-order valence-corrected chi connectivity index (χ2v) is 7.04. The van der Waals surface area contributed by atoms with E-state index in [9.17, 15) is 9.90 Å².